The second kappa shape index (κ2) is 10.2. The number of methoxy groups -OCH3 is 1. The van der Waals surface area contributed by atoms with Crippen LogP contribution in [0.15, 0.2) is 108 Å². The van der Waals surface area contributed by atoms with Crippen molar-refractivity contribution in [3.05, 3.63) is 114 Å². The van der Waals surface area contributed by atoms with Crippen LogP contribution in [0.25, 0.3) is 22.3 Å². The third-order valence-corrected chi connectivity index (χ3v) is 5.62. The Morgan fingerprint density at radius 2 is 1.37 bits per heavy atom. The summed E-state index contributed by atoms with van der Waals surface area (Å²) in [4.78, 5) is 0. The van der Waals surface area contributed by atoms with E-state index >= 15 is 0 Å². The molecule has 0 fully saturated rings. The molecule has 174 valence electrons. The average molecular weight is 466 g/mol. The highest BCUT2D eigenvalue weighted by Crippen LogP contribution is 2.41. The first-order valence-electron chi connectivity index (χ1n) is 11.3. The molecule has 35 heavy (non-hydrogen) atoms. The van der Waals surface area contributed by atoms with Gasteiger partial charge in [0.05, 0.1) is 18.6 Å². The Morgan fingerprint density at radius 1 is 0.686 bits per heavy atom. The highest BCUT2D eigenvalue weighted by molar-refractivity contribution is 5.84. The SMILES string of the molecule is COc1cc2ccc(O)cc2[o+]c1-c1ccc(OCc2ccccc2)cc1OCc1ccccc1. The van der Waals surface area contributed by atoms with Crippen molar-refractivity contribution in [1.29, 1.82) is 0 Å². The minimum atomic E-state index is 0.127. The summed E-state index contributed by atoms with van der Waals surface area (Å²) in [5.41, 5.74) is 3.38. The Hall–Kier alpha value is -4.51. The molecular weight excluding hydrogens is 440 g/mol. The third kappa shape index (κ3) is 5.20. The van der Waals surface area contributed by atoms with Crippen LogP contribution in [0, 0.1) is 0 Å². The average Bonchev–Trinajstić information content (AvgIpc) is 2.91. The second-order valence-electron chi connectivity index (χ2n) is 8.07. The molecule has 0 aliphatic carbocycles. The van der Waals surface area contributed by atoms with Gasteiger partial charge in [0.2, 0.25) is 5.75 Å². The molecule has 0 atom stereocenters. The molecule has 4 aromatic carbocycles. The van der Waals surface area contributed by atoms with Crippen molar-refractivity contribution in [2.24, 2.45) is 0 Å². The molecule has 0 aliphatic rings. The lowest BCUT2D eigenvalue weighted by atomic mass is 10.1. The van der Waals surface area contributed by atoms with E-state index in [0.717, 1.165) is 22.1 Å². The quantitative estimate of drug-likeness (QED) is 0.245. The number of ether oxygens (including phenoxy) is 3. The Morgan fingerprint density at radius 3 is 2.06 bits per heavy atom. The van der Waals surface area contributed by atoms with Crippen LogP contribution in [0.3, 0.4) is 0 Å². The van der Waals surface area contributed by atoms with E-state index in [1.54, 1.807) is 25.3 Å². The fraction of sp³-hybridized carbons (Fsp3) is 0.100. The van der Waals surface area contributed by atoms with Crippen LogP contribution in [0.5, 0.6) is 23.0 Å². The van der Waals surface area contributed by atoms with E-state index in [0.29, 0.717) is 41.8 Å². The van der Waals surface area contributed by atoms with Crippen LogP contribution >= 0.6 is 0 Å². The van der Waals surface area contributed by atoms with Crippen LogP contribution in [-0.4, -0.2) is 12.2 Å². The number of benzene rings is 4. The molecule has 1 N–H and O–H groups in total. The lowest BCUT2D eigenvalue weighted by Gasteiger charge is -2.13. The molecule has 5 nitrogen and oxygen atoms in total. The highest BCUT2D eigenvalue weighted by Gasteiger charge is 2.27. The van der Waals surface area contributed by atoms with Gasteiger partial charge in [0, 0.05) is 12.1 Å². The van der Waals surface area contributed by atoms with Crippen LogP contribution < -0.4 is 14.2 Å². The van der Waals surface area contributed by atoms with Gasteiger partial charge < -0.3 is 19.3 Å². The second-order valence-corrected chi connectivity index (χ2v) is 8.07. The third-order valence-electron chi connectivity index (χ3n) is 5.62. The normalized spacial score (nSPS) is 10.8. The zero-order chi connectivity index (χ0) is 24.0. The summed E-state index contributed by atoms with van der Waals surface area (Å²) in [6.07, 6.45) is 0. The largest absolute Gasteiger partial charge is 0.508 e. The fourth-order valence-corrected chi connectivity index (χ4v) is 3.81. The van der Waals surface area contributed by atoms with Gasteiger partial charge in [-0.2, -0.15) is 0 Å². The number of hydrogen-bond donors (Lipinski definition) is 1. The molecule has 0 amide bonds. The minimum Gasteiger partial charge on any atom is -0.508 e. The molecule has 0 radical (unpaired) electrons. The van der Waals surface area contributed by atoms with Gasteiger partial charge in [-0.3, -0.25) is 0 Å². The number of fused-ring (bicyclic) bond motifs is 1. The summed E-state index contributed by atoms with van der Waals surface area (Å²) < 4.78 is 24.2. The van der Waals surface area contributed by atoms with E-state index in [9.17, 15) is 5.11 Å². The summed E-state index contributed by atoms with van der Waals surface area (Å²) in [6.45, 7) is 0.827. The van der Waals surface area contributed by atoms with Gasteiger partial charge in [-0.05, 0) is 35.4 Å². The maximum absolute atomic E-state index is 9.94. The monoisotopic (exact) mass is 465 g/mol. The summed E-state index contributed by atoms with van der Waals surface area (Å²) in [7, 11) is 1.60. The van der Waals surface area contributed by atoms with Crippen LogP contribution in [0.1, 0.15) is 11.1 Å². The Labute approximate surface area is 203 Å². The van der Waals surface area contributed by atoms with Crippen molar-refractivity contribution in [3.63, 3.8) is 0 Å². The van der Waals surface area contributed by atoms with Crippen molar-refractivity contribution in [2.45, 2.75) is 13.2 Å². The molecule has 0 saturated carbocycles. The molecule has 1 heterocycles. The topological polar surface area (TPSA) is 59.2 Å². The lowest BCUT2D eigenvalue weighted by Crippen LogP contribution is -2.00. The molecule has 0 spiro atoms. The van der Waals surface area contributed by atoms with Crippen molar-refractivity contribution in [1.82, 2.24) is 0 Å². The Kier molecular flexibility index (Phi) is 6.48. The number of phenolic OH excluding ortho intramolecular Hbond substituents is 1. The number of rotatable bonds is 8. The summed E-state index contributed by atoms with van der Waals surface area (Å²) in [5, 5.41) is 10.8. The smallest absolute Gasteiger partial charge is 0.405 e. The zero-order valence-electron chi connectivity index (χ0n) is 19.3. The van der Waals surface area contributed by atoms with Crippen molar-refractivity contribution in [3.8, 4) is 34.3 Å². The summed E-state index contributed by atoms with van der Waals surface area (Å²) in [6, 6.07) is 32.5. The van der Waals surface area contributed by atoms with Gasteiger partial charge in [0.25, 0.3) is 0 Å². The first-order valence-corrected chi connectivity index (χ1v) is 11.3. The molecule has 1 aromatic heterocycles. The fourth-order valence-electron chi connectivity index (χ4n) is 3.81. The van der Waals surface area contributed by atoms with E-state index in [1.807, 2.05) is 84.9 Å². The van der Waals surface area contributed by atoms with Gasteiger partial charge >= 0.3 is 11.3 Å². The molecule has 0 unspecified atom stereocenters. The molecule has 5 aromatic rings. The number of hydrogen-bond acceptors (Lipinski definition) is 4. The van der Waals surface area contributed by atoms with E-state index in [2.05, 4.69) is 0 Å². The highest BCUT2D eigenvalue weighted by atomic mass is 16.5. The van der Waals surface area contributed by atoms with E-state index in [1.165, 1.54) is 0 Å². The predicted molar refractivity (Wildman–Crippen MR) is 136 cm³/mol. The van der Waals surface area contributed by atoms with Gasteiger partial charge in [-0.15, -0.1) is 0 Å². The van der Waals surface area contributed by atoms with Gasteiger partial charge in [0.15, 0.2) is 0 Å². The molecule has 5 heteroatoms. The van der Waals surface area contributed by atoms with Gasteiger partial charge in [0.1, 0.15) is 36.0 Å². The Bertz CT molecular complexity index is 1430. The molecule has 5 rings (SSSR count). The predicted octanol–water partition coefficient (Wildman–Crippen LogP) is 7.25. The van der Waals surface area contributed by atoms with Crippen molar-refractivity contribution < 1.29 is 23.7 Å². The first-order chi connectivity index (χ1) is 17.2. The van der Waals surface area contributed by atoms with Crippen LogP contribution in [-0.2, 0) is 13.2 Å². The number of aromatic hydroxyl groups is 1. The summed E-state index contributed by atoms with van der Waals surface area (Å²) in [5.74, 6) is 2.47. The number of phenols is 1. The molecular formula is C30H25O5+. The maximum Gasteiger partial charge on any atom is 0.405 e. The lowest BCUT2D eigenvalue weighted by molar-refractivity contribution is 0.290. The Balaban J connectivity index is 1.53. The standard InChI is InChI=1S/C30H24O5/c1-32-29-16-23-12-13-24(31)17-27(23)35-30(29)26-15-14-25(33-19-21-8-4-2-5-9-21)18-28(26)34-20-22-10-6-3-7-11-22/h2-18H,19-20H2,1H3/p+1. The molecule has 0 aliphatic heterocycles. The molecule has 0 bridgehead atoms. The van der Waals surface area contributed by atoms with E-state index < -0.39 is 0 Å². The van der Waals surface area contributed by atoms with Crippen molar-refractivity contribution >= 4 is 11.0 Å². The van der Waals surface area contributed by atoms with Gasteiger partial charge in [-0.1, -0.05) is 60.7 Å². The van der Waals surface area contributed by atoms with Crippen molar-refractivity contribution in [2.75, 3.05) is 7.11 Å². The van der Waals surface area contributed by atoms with E-state index in [-0.39, 0.29) is 5.75 Å². The van der Waals surface area contributed by atoms with Gasteiger partial charge in [-0.25, -0.2) is 4.42 Å². The summed E-state index contributed by atoms with van der Waals surface area (Å²) >= 11 is 0. The van der Waals surface area contributed by atoms with Crippen LogP contribution in [0.2, 0.25) is 0 Å². The molecule has 0 saturated heterocycles. The minimum absolute atomic E-state index is 0.127. The first kappa shape index (κ1) is 22.3. The van der Waals surface area contributed by atoms with E-state index in [4.69, 9.17) is 18.6 Å². The van der Waals surface area contributed by atoms with Crippen LogP contribution in [0.4, 0.5) is 0 Å². The zero-order valence-corrected chi connectivity index (χ0v) is 19.3. The maximum atomic E-state index is 9.94.